The maximum absolute atomic E-state index is 13.0. The first-order valence-electron chi connectivity index (χ1n) is 13.0. The molecule has 2 N–H and O–H groups in total. The Morgan fingerprint density at radius 2 is 1.68 bits per heavy atom. The predicted octanol–water partition coefficient (Wildman–Crippen LogP) is 5.70. The highest BCUT2D eigenvalue weighted by molar-refractivity contribution is 8.18. The molecule has 9 nitrogen and oxygen atoms in total. The van der Waals surface area contributed by atoms with E-state index >= 15 is 0 Å². The van der Waals surface area contributed by atoms with Crippen LogP contribution in [0.15, 0.2) is 65.6 Å². The first-order valence-corrected chi connectivity index (χ1v) is 13.8. The molecule has 3 aromatic rings. The van der Waals surface area contributed by atoms with E-state index in [9.17, 15) is 19.2 Å². The second kappa shape index (κ2) is 13.2. The quantitative estimate of drug-likeness (QED) is 0.299. The molecule has 1 heterocycles. The fraction of sp³-hybridized carbons (Fsp3) is 0.226. The van der Waals surface area contributed by atoms with Crippen LogP contribution in [0.3, 0.4) is 0 Å². The van der Waals surface area contributed by atoms with Crippen LogP contribution < -0.4 is 20.1 Å². The first kappa shape index (κ1) is 29.4. The maximum atomic E-state index is 13.0. The molecule has 4 rings (SSSR count). The van der Waals surface area contributed by atoms with Gasteiger partial charge in [0.2, 0.25) is 5.91 Å². The Balaban J connectivity index is 1.41. The number of carbonyl (C=O) groups excluding carboxylic acids is 4. The van der Waals surface area contributed by atoms with Crippen LogP contribution in [0, 0.1) is 20.8 Å². The van der Waals surface area contributed by atoms with Gasteiger partial charge in [-0.2, -0.15) is 0 Å². The number of ether oxygens (including phenoxy) is 2. The molecule has 0 aromatic heterocycles. The summed E-state index contributed by atoms with van der Waals surface area (Å²) < 4.78 is 11.4. The highest BCUT2D eigenvalue weighted by atomic mass is 32.2. The second-order valence-corrected chi connectivity index (χ2v) is 10.4. The van der Waals surface area contributed by atoms with Crippen molar-refractivity contribution in [1.29, 1.82) is 0 Å². The predicted molar refractivity (Wildman–Crippen MR) is 160 cm³/mol. The minimum absolute atomic E-state index is 0.184. The van der Waals surface area contributed by atoms with Gasteiger partial charge in [0.1, 0.15) is 6.54 Å². The van der Waals surface area contributed by atoms with E-state index in [4.69, 9.17) is 9.47 Å². The Labute approximate surface area is 242 Å². The Hall–Kier alpha value is -4.57. The number of amides is 4. The molecule has 4 amide bonds. The molecule has 0 radical (unpaired) electrons. The first-order chi connectivity index (χ1) is 19.6. The Morgan fingerprint density at radius 1 is 0.902 bits per heavy atom. The molecule has 1 saturated heterocycles. The molecule has 1 aliphatic heterocycles. The van der Waals surface area contributed by atoms with E-state index in [1.54, 1.807) is 36.4 Å². The summed E-state index contributed by atoms with van der Waals surface area (Å²) in [6, 6.07) is 18.0. The van der Waals surface area contributed by atoms with Gasteiger partial charge in [-0.05, 0) is 98.1 Å². The van der Waals surface area contributed by atoms with Crippen LogP contribution in [0.2, 0.25) is 0 Å². The van der Waals surface area contributed by atoms with E-state index in [1.807, 2.05) is 58.0 Å². The van der Waals surface area contributed by atoms with E-state index in [0.29, 0.717) is 35.0 Å². The van der Waals surface area contributed by atoms with Gasteiger partial charge < -0.3 is 20.1 Å². The number of benzene rings is 3. The largest absolute Gasteiger partial charge is 0.490 e. The molecule has 0 bridgehead atoms. The van der Waals surface area contributed by atoms with Gasteiger partial charge >= 0.3 is 0 Å². The normalized spacial score (nSPS) is 13.9. The minimum Gasteiger partial charge on any atom is -0.490 e. The van der Waals surface area contributed by atoms with Crippen molar-refractivity contribution in [3.05, 3.63) is 87.8 Å². The molecular formula is C31H31N3O6S. The summed E-state index contributed by atoms with van der Waals surface area (Å²) in [7, 11) is 0. The van der Waals surface area contributed by atoms with Gasteiger partial charge in [-0.3, -0.25) is 24.1 Å². The molecule has 0 atom stereocenters. The molecule has 41 heavy (non-hydrogen) atoms. The average Bonchev–Trinajstić information content (AvgIpc) is 3.18. The fourth-order valence-corrected chi connectivity index (χ4v) is 4.91. The Bertz CT molecular complexity index is 1530. The molecule has 212 valence electrons. The van der Waals surface area contributed by atoms with Crippen molar-refractivity contribution in [3.8, 4) is 11.5 Å². The molecule has 0 unspecified atom stereocenters. The van der Waals surface area contributed by atoms with Gasteiger partial charge in [-0.1, -0.05) is 30.3 Å². The van der Waals surface area contributed by atoms with Crippen LogP contribution in [0.1, 0.15) is 29.2 Å². The topological polar surface area (TPSA) is 114 Å². The summed E-state index contributed by atoms with van der Waals surface area (Å²) in [5.74, 6) is -0.593. The van der Waals surface area contributed by atoms with E-state index in [-0.39, 0.29) is 17.4 Å². The third-order valence-corrected chi connectivity index (χ3v) is 7.19. The lowest BCUT2D eigenvalue weighted by Gasteiger charge is -2.14. The van der Waals surface area contributed by atoms with Crippen molar-refractivity contribution in [2.24, 2.45) is 0 Å². The van der Waals surface area contributed by atoms with Crippen LogP contribution in [-0.4, -0.2) is 47.6 Å². The lowest BCUT2D eigenvalue weighted by Crippen LogP contribution is -2.36. The van der Waals surface area contributed by atoms with Gasteiger partial charge in [0, 0.05) is 11.4 Å². The van der Waals surface area contributed by atoms with E-state index in [2.05, 4.69) is 10.6 Å². The highest BCUT2D eigenvalue weighted by Crippen LogP contribution is 2.35. The molecule has 1 fully saturated rings. The summed E-state index contributed by atoms with van der Waals surface area (Å²) in [4.78, 5) is 51.7. The summed E-state index contributed by atoms with van der Waals surface area (Å²) >= 11 is 0.763. The van der Waals surface area contributed by atoms with Gasteiger partial charge in [-0.25, -0.2) is 0 Å². The van der Waals surface area contributed by atoms with Gasteiger partial charge in [0.05, 0.1) is 11.5 Å². The number of imide groups is 1. The third-order valence-electron chi connectivity index (χ3n) is 6.28. The van der Waals surface area contributed by atoms with Crippen molar-refractivity contribution < 1.29 is 28.7 Å². The minimum atomic E-state index is -0.553. The van der Waals surface area contributed by atoms with Gasteiger partial charge in [-0.15, -0.1) is 0 Å². The zero-order valence-electron chi connectivity index (χ0n) is 23.3. The second-order valence-electron chi connectivity index (χ2n) is 9.41. The number of nitrogens with zero attached hydrogens (tertiary/aromatic N) is 1. The highest BCUT2D eigenvalue weighted by Gasteiger charge is 2.36. The monoisotopic (exact) mass is 573 g/mol. The Morgan fingerprint density at radius 3 is 2.44 bits per heavy atom. The van der Waals surface area contributed by atoms with Crippen LogP contribution in [0.25, 0.3) is 6.08 Å². The summed E-state index contributed by atoms with van der Waals surface area (Å²) in [6.07, 6.45) is 1.56. The van der Waals surface area contributed by atoms with Crippen molar-refractivity contribution in [2.75, 3.05) is 30.4 Å². The zero-order valence-corrected chi connectivity index (χ0v) is 24.1. The van der Waals surface area contributed by atoms with Crippen molar-refractivity contribution >= 4 is 52.2 Å². The van der Waals surface area contributed by atoms with E-state index < -0.39 is 23.6 Å². The Kier molecular flexibility index (Phi) is 9.46. The standard InChI is InChI=1S/C31H31N3O6S/c1-5-39-26-15-22(12-13-25(26)40-18-29(36)32-23-10-6-8-19(2)14-23)16-27-30(37)34(31(38)41-27)17-28(35)33-24-11-7-9-20(3)21(24)4/h6-16H,5,17-18H2,1-4H3,(H,32,36)(H,33,35)/b27-16+. The number of thioether (sulfide) groups is 1. The van der Waals surface area contributed by atoms with Crippen LogP contribution >= 0.6 is 11.8 Å². The fourth-order valence-electron chi connectivity index (χ4n) is 4.07. The maximum Gasteiger partial charge on any atom is 0.294 e. The summed E-state index contributed by atoms with van der Waals surface area (Å²) in [5, 5.41) is 5.04. The summed E-state index contributed by atoms with van der Waals surface area (Å²) in [5.41, 5.74) is 4.86. The lowest BCUT2D eigenvalue weighted by molar-refractivity contribution is -0.127. The number of anilines is 2. The molecular weight excluding hydrogens is 542 g/mol. The number of hydrogen-bond donors (Lipinski definition) is 2. The molecule has 0 spiro atoms. The number of rotatable bonds is 10. The summed E-state index contributed by atoms with van der Waals surface area (Å²) in [6.45, 7) is 7.31. The van der Waals surface area contributed by atoms with E-state index in [0.717, 1.165) is 33.4 Å². The average molecular weight is 574 g/mol. The molecule has 0 aliphatic carbocycles. The molecule has 10 heteroatoms. The van der Waals surface area contributed by atoms with Crippen molar-refractivity contribution in [1.82, 2.24) is 4.90 Å². The van der Waals surface area contributed by atoms with E-state index in [1.165, 1.54) is 0 Å². The van der Waals surface area contributed by atoms with Gasteiger partial charge in [0.15, 0.2) is 18.1 Å². The molecule has 1 aliphatic rings. The molecule has 0 saturated carbocycles. The van der Waals surface area contributed by atoms with Crippen molar-refractivity contribution in [3.63, 3.8) is 0 Å². The number of hydrogen-bond acceptors (Lipinski definition) is 7. The SMILES string of the molecule is CCOc1cc(/C=C2/SC(=O)N(CC(=O)Nc3cccc(C)c3C)C2=O)ccc1OCC(=O)Nc1cccc(C)c1. The molecule has 3 aromatic carbocycles. The van der Waals surface area contributed by atoms with Crippen LogP contribution in [-0.2, 0) is 14.4 Å². The number of nitrogens with one attached hydrogen (secondary N) is 2. The van der Waals surface area contributed by atoms with Crippen molar-refractivity contribution in [2.45, 2.75) is 27.7 Å². The zero-order chi connectivity index (χ0) is 29.5. The smallest absolute Gasteiger partial charge is 0.294 e. The number of aryl methyl sites for hydroxylation is 2. The van der Waals surface area contributed by atoms with Gasteiger partial charge in [0.25, 0.3) is 17.1 Å². The lowest BCUT2D eigenvalue weighted by atomic mass is 10.1. The number of carbonyl (C=O) groups is 4. The third kappa shape index (κ3) is 7.55. The van der Waals surface area contributed by atoms with Crippen LogP contribution in [0.4, 0.5) is 16.2 Å². The van der Waals surface area contributed by atoms with Crippen LogP contribution in [0.5, 0.6) is 11.5 Å².